The van der Waals surface area contributed by atoms with E-state index in [0.29, 0.717) is 28.8 Å². The van der Waals surface area contributed by atoms with Crippen molar-refractivity contribution in [1.29, 1.82) is 5.26 Å². The Bertz CT molecular complexity index is 1030. The van der Waals surface area contributed by atoms with Crippen molar-refractivity contribution in [1.82, 2.24) is 9.55 Å². The van der Waals surface area contributed by atoms with Gasteiger partial charge in [-0.15, -0.1) is 11.3 Å². The summed E-state index contributed by atoms with van der Waals surface area (Å²) in [6.45, 7) is 8.28. The molecule has 3 rings (SSSR count). The highest BCUT2D eigenvalue weighted by atomic mass is 32.1. The van der Waals surface area contributed by atoms with Crippen LogP contribution in [0.4, 0.5) is 0 Å². The number of aryl methyl sites for hydroxylation is 1. The molecule has 0 aliphatic rings. The average Bonchev–Trinajstić information content (AvgIpc) is 3.22. The van der Waals surface area contributed by atoms with Gasteiger partial charge in [-0.3, -0.25) is 0 Å². The molecular formula is C21H23N3O2S. The van der Waals surface area contributed by atoms with E-state index in [-0.39, 0.29) is 5.97 Å². The normalized spacial score (nSPS) is 12.1. The van der Waals surface area contributed by atoms with Crippen molar-refractivity contribution in [3.63, 3.8) is 0 Å². The van der Waals surface area contributed by atoms with Gasteiger partial charge in [0.1, 0.15) is 16.0 Å². The predicted molar refractivity (Wildman–Crippen MR) is 108 cm³/mol. The van der Waals surface area contributed by atoms with Crippen LogP contribution in [0, 0.1) is 18.3 Å². The topological polar surface area (TPSA) is 67.9 Å². The molecule has 0 saturated carbocycles. The van der Waals surface area contributed by atoms with Gasteiger partial charge in [0.05, 0.1) is 17.9 Å². The fourth-order valence-corrected chi connectivity index (χ4v) is 4.26. The number of carbonyl (C=O) groups is 1. The molecule has 3 aromatic rings. The third-order valence-electron chi connectivity index (χ3n) is 4.64. The van der Waals surface area contributed by atoms with Crippen LogP contribution in [0.5, 0.6) is 0 Å². The lowest BCUT2D eigenvalue weighted by molar-refractivity contribution is 0.0531. The van der Waals surface area contributed by atoms with Crippen molar-refractivity contribution in [3.8, 4) is 16.6 Å². The summed E-state index contributed by atoms with van der Waals surface area (Å²) in [6.07, 6.45) is 4.09. The number of nitriles is 1. The van der Waals surface area contributed by atoms with E-state index >= 15 is 0 Å². The molecule has 1 unspecified atom stereocenters. The smallest absolute Gasteiger partial charge is 0.350 e. The molecule has 6 heteroatoms. The van der Waals surface area contributed by atoms with E-state index in [9.17, 15) is 10.1 Å². The van der Waals surface area contributed by atoms with Crippen LogP contribution in [0.3, 0.4) is 0 Å². The summed E-state index contributed by atoms with van der Waals surface area (Å²) in [5, 5.41) is 11.2. The zero-order valence-electron chi connectivity index (χ0n) is 16.1. The number of benzene rings is 1. The summed E-state index contributed by atoms with van der Waals surface area (Å²) in [5.41, 5.74) is 3.29. The van der Waals surface area contributed by atoms with Gasteiger partial charge in [0.25, 0.3) is 0 Å². The van der Waals surface area contributed by atoms with Crippen LogP contribution in [0.1, 0.15) is 60.6 Å². The number of hydrogen-bond donors (Lipinski definition) is 0. The van der Waals surface area contributed by atoms with Crippen LogP contribution in [0.25, 0.3) is 21.5 Å². The first-order valence-electron chi connectivity index (χ1n) is 9.19. The number of nitrogens with zero attached hydrogens (tertiary/aromatic N) is 3. The third-order valence-corrected chi connectivity index (χ3v) is 5.83. The van der Waals surface area contributed by atoms with E-state index in [4.69, 9.17) is 4.74 Å². The second-order valence-corrected chi connectivity index (χ2v) is 7.58. The maximum atomic E-state index is 12.1. The van der Waals surface area contributed by atoms with E-state index in [1.165, 1.54) is 11.3 Å². The van der Waals surface area contributed by atoms with Gasteiger partial charge >= 0.3 is 5.97 Å². The number of thiazole rings is 1. The van der Waals surface area contributed by atoms with Crippen LogP contribution < -0.4 is 0 Å². The molecule has 27 heavy (non-hydrogen) atoms. The Morgan fingerprint density at radius 2 is 2.19 bits per heavy atom. The summed E-state index contributed by atoms with van der Waals surface area (Å²) in [5.74, 6) is -0.336. The highest BCUT2D eigenvalue weighted by Crippen LogP contribution is 2.33. The molecule has 0 aliphatic carbocycles. The number of fused-ring (bicyclic) bond motifs is 1. The second-order valence-electron chi connectivity index (χ2n) is 6.59. The van der Waals surface area contributed by atoms with Crippen molar-refractivity contribution in [2.75, 3.05) is 6.61 Å². The Kier molecular flexibility index (Phi) is 5.62. The fraction of sp³-hybridized carbons (Fsp3) is 0.381. The molecule has 1 aromatic carbocycles. The number of rotatable bonds is 6. The molecule has 0 amide bonds. The van der Waals surface area contributed by atoms with E-state index in [2.05, 4.69) is 29.5 Å². The van der Waals surface area contributed by atoms with Gasteiger partial charge in [-0.1, -0.05) is 13.3 Å². The second kappa shape index (κ2) is 7.93. The number of aromatic nitrogens is 2. The zero-order chi connectivity index (χ0) is 19.6. The molecule has 0 spiro atoms. The van der Waals surface area contributed by atoms with Crippen LogP contribution in [-0.2, 0) is 4.74 Å². The first kappa shape index (κ1) is 19.1. The molecule has 5 nitrogen and oxygen atoms in total. The van der Waals surface area contributed by atoms with Crippen molar-refractivity contribution < 1.29 is 9.53 Å². The number of carbonyl (C=O) groups excluding carboxylic acids is 1. The lowest BCUT2D eigenvalue weighted by atomic mass is 10.1. The largest absolute Gasteiger partial charge is 0.462 e. The Hall–Kier alpha value is -2.65. The van der Waals surface area contributed by atoms with Gasteiger partial charge in [-0.05, 0) is 45.4 Å². The first-order valence-corrected chi connectivity index (χ1v) is 10.0. The molecule has 0 bridgehead atoms. The lowest BCUT2D eigenvalue weighted by Gasteiger charge is -2.14. The summed E-state index contributed by atoms with van der Waals surface area (Å²) in [4.78, 5) is 17.1. The summed E-state index contributed by atoms with van der Waals surface area (Å²) in [6, 6.07) is 8.68. The Morgan fingerprint density at radius 3 is 2.85 bits per heavy atom. The van der Waals surface area contributed by atoms with Crippen molar-refractivity contribution >= 4 is 28.2 Å². The minimum Gasteiger partial charge on any atom is -0.462 e. The van der Waals surface area contributed by atoms with Crippen LogP contribution >= 0.6 is 11.3 Å². The van der Waals surface area contributed by atoms with E-state index in [1.54, 1.807) is 6.92 Å². The molecule has 0 fully saturated rings. The van der Waals surface area contributed by atoms with Crippen molar-refractivity contribution in [3.05, 3.63) is 40.5 Å². The van der Waals surface area contributed by atoms with Crippen LogP contribution in [0.2, 0.25) is 0 Å². The quantitative estimate of drug-likeness (QED) is 0.530. The Morgan fingerprint density at radius 1 is 1.41 bits per heavy atom. The Balaban J connectivity index is 2.06. The van der Waals surface area contributed by atoms with Gasteiger partial charge in [0.15, 0.2) is 0 Å². The number of ether oxygens (including phenoxy) is 1. The minimum atomic E-state index is -0.336. The van der Waals surface area contributed by atoms with Gasteiger partial charge in [0, 0.05) is 28.7 Å². The van der Waals surface area contributed by atoms with Gasteiger partial charge in [-0.25, -0.2) is 9.78 Å². The summed E-state index contributed by atoms with van der Waals surface area (Å²) >= 11 is 1.33. The zero-order valence-corrected chi connectivity index (χ0v) is 16.9. The predicted octanol–water partition coefficient (Wildman–Crippen LogP) is 5.48. The van der Waals surface area contributed by atoms with Crippen LogP contribution in [-0.4, -0.2) is 22.1 Å². The standard InChI is InChI=1S/C21H23N3O2S/c1-5-7-13(3)24-12-16(11-22)17-10-15(8-9-18(17)24)20-23-14(4)19(27-20)21(25)26-6-2/h8-10,12-13H,5-7H2,1-4H3. The van der Waals surface area contributed by atoms with Crippen LogP contribution in [0.15, 0.2) is 24.4 Å². The lowest BCUT2D eigenvalue weighted by Crippen LogP contribution is -2.03. The maximum absolute atomic E-state index is 12.1. The minimum absolute atomic E-state index is 0.336. The van der Waals surface area contributed by atoms with E-state index < -0.39 is 0 Å². The fourth-order valence-electron chi connectivity index (χ4n) is 3.30. The van der Waals surface area contributed by atoms with Gasteiger partial charge in [-0.2, -0.15) is 5.26 Å². The summed E-state index contributed by atoms with van der Waals surface area (Å²) < 4.78 is 7.28. The first-order chi connectivity index (χ1) is 13.0. The average molecular weight is 382 g/mol. The van der Waals surface area contributed by atoms with Crippen molar-refractivity contribution in [2.24, 2.45) is 0 Å². The van der Waals surface area contributed by atoms with Gasteiger partial charge in [0.2, 0.25) is 0 Å². The van der Waals surface area contributed by atoms with Gasteiger partial charge < -0.3 is 9.30 Å². The molecule has 2 aromatic heterocycles. The highest BCUT2D eigenvalue weighted by molar-refractivity contribution is 7.17. The molecule has 140 valence electrons. The molecule has 0 saturated heterocycles. The molecule has 2 heterocycles. The summed E-state index contributed by atoms with van der Waals surface area (Å²) in [7, 11) is 0. The molecule has 0 radical (unpaired) electrons. The molecule has 0 aliphatic heterocycles. The van der Waals surface area contributed by atoms with Crippen molar-refractivity contribution in [2.45, 2.75) is 46.6 Å². The molecule has 0 N–H and O–H groups in total. The monoisotopic (exact) mass is 381 g/mol. The third kappa shape index (κ3) is 3.60. The maximum Gasteiger partial charge on any atom is 0.350 e. The molecule has 1 atom stereocenters. The van der Waals surface area contributed by atoms with E-state index in [1.807, 2.05) is 31.3 Å². The molecular weight excluding hydrogens is 358 g/mol. The highest BCUT2D eigenvalue weighted by Gasteiger charge is 2.19. The number of hydrogen-bond acceptors (Lipinski definition) is 5. The number of esters is 1. The SMILES string of the molecule is CCCC(C)n1cc(C#N)c2cc(-c3nc(C)c(C(=O)OCC)s3)ccc21. The Labute approximate surface area is 163 Å². The van der Waals surface area contributed by atoms with E-state index in [0.717, 1.165) is 34.3 Å².